The molecular weight excluding hydrogens is 315 g/mol. The zero-order chi connectivity index (χ0) is 14.2. The van der Waals surface area contributed by atoms with E-state index in [9.17, 15) is 13.2 Å². The van der Waals surface area contributed by atoms with Crippen LogP contribution in [0.25, 0.3) is 0 Å². The molecule has 1 aromatic rings. The molecular formula is C11H10Cl2O5S. The number of hydrogen-bond acceptors (Lipinski definition) is 4. The third-order valence-corrected chi connectivity index (χ3v) is 5.93. The first-order chi connectivity index (χ1) is 8.85. The molecule has 0 aliphatic carbocycles. The van der Waals surface area contributed by atoms with Crippen LogP contribution in [-0.4, -0.2) is 38.0 Å². The summed E-state index contributed by atoms with van der Waals surface area (Å²) in [7, 11) is -3.72. The van der Waals surface area contributed by atoms with Crippen molar-refractivity contribution in [3.63, 3.8) is 0 Å². The standard InChI is InChI=1S/C11H10Cl2O5S/c12-7-1-2-8(10(13)9(7)11(14)15)19(16,17)6-3-4-18-5-6/h1-2,6H,3-5H2,(H,14,15). The number of carbonyl (C=O) groups is 1. The molecule has 1 N–H and O–H groups in total. The third kappa shape index (κ3) is 2.58. The molecule has 5 nitrogen and oxygen atoms in total. The molecule has 19 heavy (non-hydrogen) atoms. The summed E-state index contributed by atoms with van der Waals surface area (Å²) in [5.41, 5.74) is -0.400. The van der Waals surface area contributed by atoms with Gasteiger partial charge in [-0.15, -0.1) is 0 Å². The van der Waals surface area contributed by atoms with Crippen molar-refractivity contribution in [2.45, 2.75) is 16.6 Å². The van der Waals surface area contributed by atoms with Gasteiger partial charge in [0.1, 0.15) is 0 Å². The van der Waals surface area contributed by atoms with E-state index in [1.165, 1.54) is 12.1 Å². The van der Waals surface area contributed by atoms with Gasteiger partial charge in [-0.3, -0.25) is 0 Å². The maximum absolute atomic E-state index is 12.3. The molecule has 1 fully saturated rings. The van der Waals surface area contributed by atoms with E-state index in [0.717, 1.165) is 0 Å². The molecule has 1 aliphatic heterocycles. The number of hydrogen-bond donors (Lipinski definition) is 1. The molecule has 0 saturated carbocycles. The van der Waals surface area contributed by atoms with E-state index in [1.54, 1.807) is 0 Å². The Hall–Kier alpha value is -0.820. The second-order valence-electron chi connectivity index (χ2n) is 4.07. The average molecular weight is 325 g/mol. The Morgan fingerprint density at radius 3 is 2.58 bits per heavy atom. The normalized spacial score (nSPS) is 19.6. The molecule has 1 unspecified atom stereocenters. The van der Waals surface area contributed by atoms with Crippen molar-refractivity contribution in [2.24, 2.45) is 0 Å². The van der Waals surface area contributed by atoms with Crippen LogP contribution in [0.3, 0.4) is 0 Å². The van der Waals surface area contributed by atoms with Gasteiger partial charge in [0.05, 0.1) is 32.4 Å². The summed E-state index contributed by atoms with van der Waals surface area (Å²) in [5, 5.41) is 7.86. The first-order valence-electron chi connectivity index (χ1n) is 5.38. The minimum atomic E-state index is -3.72. The fourth-order valence-electron chi connectivity index (χ4n) is 1.89. The van der Waals surface area contributed by atoms with Crippen LogP contribution in [0, 0.1) is 0 Å². The fourth-order valence-corrected chi connectivity index (χ4v) is 4.39. The van der Waals surface area contributed by atoms with E-state index in [-0.39, 0.29) is 21.5 Å². The summed E-state index contributed by atoms with van der Waals surface area (Å²) >= 11 is 11.6. The molecule has 8 heteroatoms. The van der Waals surface area contributed by atoms with Crippen molar-refractivity contribution in [3.8, 4) is 0 Å². The molecule has 2 rings (SSSR count). The van der Waals surface area contributed by atoms with E-state index in [0.29, 0.717) is 13.0 Å². The van der Waals surface area contributed by atoms with Gasteiger partial charge in [0.2, 0.25) is 0 Å². The monoisotopic (exact) mass is 324 g/mol. The SMILES string of the molecule is O=C(O)c1c(Cl)ccc(S(=O)(=O)C2CCOC2)c1Cl. The Kier molecular flexibility index (Phi) is 4.06. The summed E-state index contributed by atoms with van der Waals surface area (Å²) in [5.74, 6) is -1.37. The first kappa shape index (κ1) is 14.6. The lowest BCUT2D eigenvalue weighted by Gasteiger charge is -2.13. The molecule has 1 aliphatic rings. The van der Waals surface area contributed by atoms with Crippen molar-refractivity contribution in [2.75, 3.05) is 13.2 Å². The number of rotatable bonds is 3. The highest BCUT2D eigenvalue weighted by atomic mass is 35.5. The van der Waals surface area contributed by atoms with Gasteiger partial charge in [-0.2, -0.15) is 0 Å². The second kappa shape index (κ2) is 5.28. The van der Waals surface area contributed by atoms with Gasteiger partial charge < -0.3 is 9.84 Å². The van der Waals surface area contributed by atoms with Crippen LogP contribution in [0.1, 0.15) is 16.8 Å². The predicted molar refractivity (Wildman–Crippen MR) is 69.8 cm³/mol. The van der Waals surface area contributed by atoms with Crippen LogP contribution in [0.2, 0.25) is 10.0 Å². The smallest absolute Gasteiger partial charge is 0.338 e. The van der Waals surface area contributed by atoms with E-state index in [2.05, 4.69) is 0 Å². The number of carboxylic acid groups (broad SMARTS) is 1. The summed E-state index contributed by atoms with van der Waals surface area (Å²) in [4.78, 5) is 10.8. The molecule has 1 aromatic carbocycles. The molecule has 1 heterocycles. The number of sulfone groups is 1. The van der Waals surface area contributed by atoms with Crippen molar-refractivity contribution >= 4 is 39.0 Å². The molecule has 0 aromatic heterocycles. The van der Waals surface area contributed by atoms with Crippen LogP contribution in [0.5, 0.6) is 0 Å². The van der Waals surface area contributed by atoms with Crippen molar-refractivity contribution < 1.29 is 23.1 Å². The van der Waals surface area contributed by atoms with E-state index >= 15 is 0 Å². The van der Waals surface area contributed by atoms with Gasteiger partial charge in [-0.1, -0.05) is 23.2 Å². The lowest BCUT2D eigenvalue weighted by atomic mass is 10.2. The highest BCUT2D eigenvalue weighted by Crippen LogP contribution is 2.34. The molecule has 0 spiro atoms. The van der Waals surface area contributed by atoms with E-state index < -0.39 is 26.6 Å². The molecule has 104 valence electrons. The largest absolute Gasteiger partial charge is 0.478 e. The maximum atomic E-state index is 12.3. The van der Waals surface area contributed by atoms with Crippen LogP contribution in [0.15, 0.2) is 17.0 Å². The highest BCUT2D eigenvalue weighted by Gasteiger charge is 2.34. The molecule has 1 atom stereocenters. The Morgan fingerprint density at radius 1 is 1.37 bits per heavy atom. The summed E-state index contributed by atoms with van der Waals surface area (Å²) < 4.78 is 29.7. The summed E-state index contributed by atoms with van der Waals surface area (Å²) in [6.45, 7) is 0.449. The van der Waals surface area contributed by atoms with Crippen molar-refractivity contribution in [3.05, 3.63) is 27.7 Å². The fraction of sp³-hybridized carbons (Fsp3) is 0.364. The minimum Gasteiger partial charge on any atom is -0.478 e. The molecule has 0 bridgehead atoms. The van der Waals surface area contributed by atoms with Gasteiger partial charge in [0.25, 0.3) is 0 Å². The molecule has 0 amide bonds. The van der Waals surface area contributed by atoms with Gasteiger partial charge in [0.15, 0.2) is 9.84 Å². The average Bonchev–Trinajstić information content (AvgIpc) is 2.81. The quantitative estimate of drug-likeness (QED) is 0.922. The topological polar surface area (TPSA) is 80.7 Å². The van der Waals surface area contributed by atoms with E-state index in [1.807, 2.05) is 0 Å². The second-order valence-corrected chi connectivity index (χ2v) is 7.05. The number of carboxylic acids is 1. The van der Waals surface area contributed by atoms with Gasteiger partial charge in [0, 0.05) is 6.61 Å². The number of ether oxygens (including phenoxy) is 1. The zero-order valence-electron chi connectivity index (χ0n) is 9.60. The minimum absolute atomic E-state index is 0.0870. The van der Waals surface area contributed by atoms with Crippen LogP contribution in [0.4, 0.5) is 0 Å². The predicted octanol–water partition coefficient (Wildman–Crippen LogP) is 2.25. The Balaban J connectivity index is 2.57. The Labute approximate surface area is 120 Å². The highest BCUT2D eigenvalue weighted by molar-refractivity contribution is 7.92. The van der Waals surface area contributed by atoms with Crippen LogP contribution < -0.4 is 0 Å². The summed E-state index contributed by atoms with van der Waals surface area (Å²) in [6.07, 6.45) is 0.365. The molecule has 1 saturated heterocycles. The molecule has 0 radical (unpaired) electrons. The zero-order valence-corrected chi connectivity index (χ0v) is 11.9. The van der Waals surface area contributed by atoms with Gasteiger partial charge in [-0.25, -0.2) is 13.2 Å². The van der Waals surface area contributed by atoms with E-state index in [4.69, 9.17) is 33.0 Å². The Bertz CT molecular complexity index is 620. The number of benzene rings is 1. The lowest BCUT2D eigenvalue weighted by molar-refractivity contribution is 0.0697. The third-order valence-electron chi connectivity index (χ3n) is 2.90. The van der Waals surface area contributed by atoms with Crippen LogP contribution in [-0.2, 0) is 14.6 Å². The lowest BCUT2D eigenvalue weighted by Crippen LogP contribution is -2.22. The van der Waals surface area contributed by atoms with Crippen molar-refractivity contribution in [1.29, 1.82) is 0 Å². The van der Waals surface area contributed by atoms with Gasteiger partial charge in [-0.05, 0) is 18.6 Å². The number of aromatic carboxylic acids is 1. The van der Waals surface area contributed by atoms with Gasteiger partial charge >= 0.3 is 5.97 Å². The Morgan fingerprint density at radius 2 is 2.05 bits per heavy atom. The van der Waals surface area contributed by atoms with Crippen molar-refractivity contribution in [1.82, 2.24) is 0 Å². The summed E-state index contributed by atoms with van der Waals surface area (Å²) in [6, 6.07) is 2.45. The maximum Gasteiger partial charge on any atom is 0.338 e. The van der Waals surface area contributed by atoms with Crippen LogP contribution >= 0.6 is 23.2 Å². The first-order valence-corrected chi connectivity index (χ1v) is 7.69. The number of halogens is 2.